The van der Waals surface area contributed by atoms with Crippen molar-refractivity contribution >= 4 is 23.4 Å². The maximum Gasteiger partial charge on any atom is 0.323 e. The van der Waals surface area contributed by atoms with E-state index in [9.17, 15) is 9.59 Å². The molecule has 4 N–H and O–H groups in total. The summed E-state index contributed by atoms with van der Waals surface area (Å²) in [5.74, 6) is -0.772. The molecule has 1 unspecified atom stereocenters. The molecule has 0 radical (unpaired) electrons. The highest BCUT2D eigenvalue weighted by molar-refractivity contribution is 6.00. The molecule has 3 aromatic carbocycles. The first-order chi connectivity index (χ1) is 16.5. The number of nitrogens with zero attached hydrogens (tertiary/aromatic N) is 1. The molecule has 1 atom stereocenters. The fraction of sp³-hybridized carbons (Fsp3) is 0.259. The number of carboxylic acids is 1. The van der Waals surface area contributed by atoms with E-state index < -0.39 is 5.97 Å². The summed E-state index contributed by atoms with van der Waals surface area (Å²) in [6.07, 6.45) is 1.70. The first-order valence-electron chi connectivity index (χ1n) is 11.5. The van der Waals surface area contributed by atoms with Gasteiger partial charge < -0.3 is 15.7 Å². The molecule has 1 aliphatic heterocycles. The van der Waals surface area contributed by atoms with Gasteiger partial charge in [-0.25, -0.2) is 15.2 Å². The monoisotopic (exact) mass is 458 g/mol. The minimum atomic E-state index is -0.772. The Morgan fingerprint density at radius 1 is 0.971 bits per heavy atom. The summed E-state index contributed by atoms with van der Waals surface area (Å²) >= 11 is 0. The third-order valence-corrected chi connectivity index (χ3v) is 6.01. The van der Waals surface area contributed by atoms with Crippen LogP contribution in [0, 0.1) is 6.92 Å². The highest BCUT2D eigenvalue weighted by atomic mass is 16.4. The largest absolute Gasteiger partial charge is 0.481 e. The number of carbonyl (C=O) groups is 2. The van der Waals surface area contributed by atoms with Crippen LogP contribution in [0.25, 0.3) is 0 Å². The first-order valence-corrected chi connectivity index (χ1v) is 11.5. The van der Waals surface area contributed by atoms with Crippen molar-refractivity contribution in [2.75, 3.05) is 17.2 Å². The van der Waals surface area contributed by atoms with E-state index in [1.807, 2.05) is 67.6 Å². The number of aryl methyl sites for hydroxylation is 2. The number of anilines is 2. The van der Waals surface area contributed by atoms with Crippen LogP contribution in [0.4, 0.5) is 16.2 Å². The molecule has 7 heteroatoms. The summed E-state index contributed by atoms with van der Waals surface area (Å²) < 4.78 is 0. The van der Waals surface area contributed by atoms with E-state index in [0.29, 0.717) is 6.42 Å². The number of aliphatic carboxylic acids is 1. The molecule has 0 aromatic heterocycles. The van der Waals surface area contributed by atoms with E-state index in [-0.39, 0.29) is 18.5 Å². The van der Waals surface area contributed by atoms with Gasteiger partial charge in [-0.3, -0.25) is 4.79 Å². The summed E-state index contributed by atoms with van der Waals surface area (Å²) in [4.78, 5) is 23.0. The maximum absolute atomic E-state index is 12.3. The molecule has 0 saturated carbocycles. The van der Waals surface area contributed by atoms with Crippen LogP contribution >= 0.6 is 0 Å². The highest BCUT2D eigenvalue weighted by Gasteiger charge is 2.23. The predicted octanol–water partition coefficient (Wildman–Crippen LogP) is 5.11. The summed E-state index contributed by atoms with van der Waals surface area (Å²) in [5, 5.41) is 16.8. The van der Waals surface area contributed by atoms with E-state index in [0.717, 1.165) is 42.0 Å². The van der Waals surface area contributed by atoms with E-state index in [1.165, 1.54) is 11.1 Å². The zero-order valence-electron chi connectivity index (χ0n) is 19.3. The molecule has 1 fully saturated rings. The third-order valence-electron chi connectivity index (χ3n) is 6.01. The molecule has 0 spiro atoms. The number of hydrazine groups is 1. The molecular formula is C27H30N4O3. The molecule has 34 heavy (non-hydrogen) atoms. The van der Waals surface area contributed by atoms with Crippen molar-refractivity contribution in [3.63, 3.8) is 0 Å². The number of nitrogens with one attached hydrogen (secondary N) is 3. The number of hydrogen-bond acceptors (Lipinski definition) is 4. The van der Waals surface area contributed by atoms with Crippen LogP contribution in [0.5, 0.6) is 0 Å². The zero-order valence-corrected chi connectivity index (χ0v) is 19.3. The molecule has 1 saturated heterocycles. The van der Waals surface area contributed by atoms with Crippen molar-refractivity contribution in [1.29, 1.82) is 0 Å². The van der Waals surface area contributed by atoms with Crippen molar-refractivity contribution in [1.82, 2.24) is 10.4 Å². The van der Waals surface area contributed by atoms with Gasteiger partial charge in [0.05, 0.1) is 0 Å². The van der Waals surface area contributed by atoms with Crippen LogP contribution in [0.3, 0.4) is 0 Å². The van der Waals surface area contributed by atoms with Gasteiger partial charge in [-0.15, -0.1) is 0 Å². The molecule has 1 heterocycles. The van der Waals surface area contributed by atoms with Crippen molar-refractivity contribution < 1.29 is 14.7 Å². The SMILES string of the molecule is Cc1ccccc1NC(=O)Nc1ccc(C2CCN(Cc3ccc(CCC(=O)O)cc3)N2)cc1. The minimum Gasteiger partial charge on any atom is -0.481 e. The third kappa shape index (κ3) is 6.43. The van der Waals surface area contributed by atoms with Crippen LogP contribution in [-0.2, 0) is 17.8 Å². The number of para-hydroxylation sites is 1. The number of rotatable bonds is 8. The van der Waals surface area contributed by atoms with E-state index in [2.05, 4.69) is 33.2 Å². The molecule has 1 aliphatic rings. The topological polar surface area (TPSA) is 93.7 Å². The molecule has 2 amide bonds. The Labute approximate surface area is 199 Å². The van der Waals surface area contributed by atoms with Gasteiger partial charge in [-0.05, 0) is 60.2 Å². The Bertz CT molecular complexity index is 1130. The van der Waals surface area contributed by atoms with Gasteiger partial charge in [-0.2, -0.15) is 0 Å². The van der Waals surface area contributed by atoms with Crippen LogP contribution in [0.15, 0.2) is 72.8 Å². The quantitative estimate of drug-likeness (QED) is 0.376. The second-order valence-electron chi connectivity index (χ2n) is 8.62. The Morgan fingerprint density at radius 2 is 1.68 bits per heavy atom. The highest BCUT2D eigenvalue weighted by Crippen LogP contribution is 2.25. The summed E-state index contributed by atoms with van der Waals surface area (Å²) in [5.41, 5.74) is 9.52. The molecule has 3 aromatic rings. The molecule has 4 rings (SSSR count). The minimum absolute atomic E-state index is 0.153. The van der Waals surface area contributed by atoms with Crippen LogP contribution in [0.2, 0.25) is 0 Å². The van der Waals surface area contributed by atoms with Gasteiger partial charge in [0.15, 0.2) is 0 Å². The zero-order chi connectivity index (χ0) is 23.9. The van der Waals surface area contributed by atoms with Gasteiger partial charge >= 0.3 is 12.0 Å². The number of carboxylic acid groups (broad SMARTS) is 1. The van der Waals surface area contributed by atoms with Crippen molar-refractivity contribution in [3.05, 3.63) is 95.1 Å². The molecule has 176 valence electrons. The number of urea groups is 1. The predicted molar refractivity (Wildman–Crippen MR) is 134 cm³/mol. The Kier molecular flexibility index (Phi) is 7.57. The number of carbonyl (C=O) groups excluding carboxylic acids is 1. The summed E-state index contributed by atoms with van der Waals surface area (Å²) in [7, 11) is 0. The van der Waals surface area contributed by atoms with Gasteiger partial charge in [0.2, 0.25) is 0 Å². The van der Waals surface area contributed by atoms with Crippen LogP contribution in [0.1, 0.15) is 41.1 Å². The van der Waals surface area contributed by atoms with Crippen LogP contribution < -0.4 is 16.1 Å². The lowest BCUT2D eigenvalue weighted by Gasteiger charge is -2.18. The second-order valence-corrected chi connectivity index (χ2v) is 8.62. The van der Waals surface area contributed by atoms with Gasteiger partial charge in [-0.1, -0.05) is 54.6 Å². The lowest BCUT2D eigenvalue weighted by Crippen LogP contribution is -2.31. The maximum atomic E-state index is 12.3. The van der Waals surface area contributed by atoms with Crippen molar-refractivity contribution in [2.24, 2.45) is 0 Å². The molecule has 7 nitrogen and oxygen atoms in total. The van der Waals surface area contributed by atoms with Crippen molar-refractivity contribution in [2.45, 2.75) is 38.8 Å². The fourth-order valence-corrected chi connectivity index (χ4v) is 4.08. The van der Waals surface area contributed by atoms with E-state index in [4.69, 9.17) is 5.11 Å². The molecular weight excluding hydrogens is 428 g/mol. The molecule has 0 aliphatic carbocycles. The lowest BCUT2D eigenvalue weighted by atomic mass is 10.1. The second kappa shape index (κ2) is 11.0. The standard InChI is InChI=1S/C27H30N4O3/c1-19-4-2-3-5-24(19)29-27(34)28-23-13-11-22(12-14-23)25-16-17-31(30-25)18-21-8-6-20(7-9-21)10-15-26(32)33/h2-9,11-14,25,30H,10,15-18H2,1H3,(H,32,33)(H2,28,29,34). The molecule has 0 bridgehead atoms. The van der Waals surface area contributed by atoms with Gasteiger partial charge in [0.1, 0.15) is 0 Å². The Balaban J connectivity index is 1.26. The van der Waals surface area contributed by atoms with Gasteiger partial charge in [0, 0.05) is 36.9 Å². The summed E-state index contributed by atoms with van der Waals surface area (Å²) in [6.45, 7) is 3.68. The first kappa shape index (κ1) is 23.5. The van der Waals surface area contributed by atoms with Gasteiger partial charge in [0.25, 0.3) is 0 Å². The normalized spacial score (nSPS) is 15.7. The van der Waals surface area contributed by atoms with Crippen molar-refractivity contribution in [3.8, 4) is 0 Å². The average Bonchev–Trinajstić information content (AvgIpc) is 3.29. The number of hydrogen-bond donors (Lipinski definition) is 4. The smallest absolute Gasteiger partial charge is 0.323 e. The van der Waals surface area contributed by atoms with E-state index in [1.54, 1.807) is 0 Å². The number of amides is 2. The summed E-state index contributed by atoms with van der Waals surface area (Å²) in [6, 6.07) is 23.7. The fourth-order valence-electron chi connectivity index (χ4n) is 4.08. The number of benzene rings is 3. The van der Waals surface area contributed by atoms with E-state index >= 15 is 0 Å². The van der Waals surface area contributed by atoms with Crippen LogP contribution in [-0.4, -0.2) is 28.7 Å². The Hall–Kier alpha value is -3.68. The Morgan fingerprint density at radius 3 is 2.38 bits per heavy atom. The lowest BCUT2D eigenvalue weighted by molar-refractivity contribution is -0.136. The average molecular weight is 459 g/mol.